The Hall–Kier alpha value is -3.51. The van der Waals surface area contributed by atoms with Gasteiger partial charge in [-0.25, -0.2) is 0 Å². The molecule has 2 aromatic carbocycles. The number of anilines is 1. The van der Waals surface area contributed by atoms with Gasteiger partial charge < -0.3 is 14.6 Å². The molecular weight excluding hydrogens is 595 g/mol. The van der Waals surface area contributed by atoms with E-state index in [1.807, 2.05) is 25.2 Å². The average Bonchev–Trinajstić information content (AvgIpc) is 3.47. The maximum absolute atomic E-state index is 14.2. The van der Waals surface area contributed by atoms with Crippen LogP contribution in [0.2, 0.25) is 0 Å². The van der Waals surface area contributed by atoms with Gasteiger partial charge in [-0.2, -0.15) is 22.0 Å². The molecule has 0 aliphatic carbocycles. The predicted molar refractivity (Wildman–Crippen MR) is 162 cm³/mol. The molecule has 0 radical (unpaired) electrons. The molecule has 2 fully saturated rings. The molecule has 5 rings (SSSR count). The molecule has 0 spiro atoms. The van der Waals surface area contributed by atoms with E-state index in [1.54, 1.807) is 17.7 Å². The number of methoxy groups -OCH3 is 1. The second kappa shape index (κ2) is 12.7. The van der Waals surface area contributed by atoms with Crippen molar-refractivity contribution in [2.75, 3.05) is 39.1 Å². The zero-order valence-electron chi connectivity index (χ0n) is 25.9. The smallest absolute Gasteiger partial charge is 0.458 e. The van der Waals surface area contributed by atoms with Crippen LogP contribution >= 0.6 is 0 Å². The van der Waals surface area contributed by atoms with Gasteiger partial charge in [-0.05, 0) is 95.0 Å². The van der Waals surface area contributed by atoms with Crippen LogP contribution in [-0.2, 0) is 24.3 Å². The molecule has 244 valence electrons. The van der Waals surface area contributed by atoms with Gasteiger partial charge in [0.2, 0.25) is 0 Å². The summed E-state index contributed by atoms with van der Waals surface area (Å²) in [5, 5.41) is 3.29. The van der Waals surface area contributed by atoms with Crippen molar-refractivity contribution in [1.29, 1.82) is 0 Å². The fourth-order valence-corrected chi connectivity index (χ4v) is 6.90. The van der Waals surface area contributed by atoms with Gasteiger partial charge in [0.25, 0.3) is 5.91 Å². The Morgan fingerprint density at radius 1 is 0.978 bits per heavy atom. The maximum atomic E-state index is 14.2. The van der Waals surface area contributed by atoms with E-state index >= 15 is 0 Å². The summed E-state index contributed by atoms with van der Waals surface area (Å²) in [5.41, 5.74) is 0.434. The van der Waals surface area contributed by atoms with Crippen molar-refractivity contribution in [3.8, 4) is 5.75 Å². The van der Waals surface area contributed by atoms with Gasteiger partial charge in [-0.1, -0.05) is 18.2 Å². The fourth-order valence-electron chi connectivity index (χ4n) is 6.90. The Labute approximate surface area is 259 Å². The Morgan fingerprint density at radius 3 is 2.38 bits per heavy atom. The molecule has 0 saturated carbocycles. The van der Waals surface area contributed by atoms with Crippen molar-refractivity contribution < 1.29 is 36.3 Å². The van der Waals surface area contributed by atoms with Gasteiger partial charge in [0.15, 0.2) is 5.78 Å². The second-order valence-corrected chi connectivity index (χ2v) is 12.3. The molecule has 1 unspecified atom stereocenters. The molecule has 1 aromatic heterocycles. The summed E-state index contributed by atoms with van der Waals surface area (Å²) in [5.74, 6) is -5.40. The first-order valence-corrected chi connectivity index (χ1v) is 15.2. The number of benzene rings is 2. The summed E-state index contributed by atoms with van der Waals surface area (Å²) >= 11 is 0. The number of rotatable bonds is 8. The highest BCUT2D eigenvalue weighted by Crippen LogP contribution is 2.46. The number of amides is 1. The first-order chi connectivity index (χ1) is 21.2. The maximum Gasteiger partial charge on any atom is 0.458 e. The first kappa shape index (κ1) is 32.9. The second-order valence-electron chi connectivity index (χ2n) is 12.3. The van der Waals surface area contributed by atoms with E-state index in [4.69, 9.17) is 4.74 Å². The number of ether oxygens (including phenoxy) is 1. The van der Waals surface area contributed by atoms with Crippen LogP contribution in [-0.4, -0.2) is 72.1 Å². The van der Waals surface area contributed by atoms with E-state index in [2.05, 4.69) is 15.1 Å². The Morgan fingerprint density at radius 2 is 1.71 bits per heavy atom. The lowest BCUT2D eigenvalue weighted by molar-refractivity contribution is -0.289. The molecule has 1 amide bonds. The normalized spacial score (nSPS) is 20.4. The number of aromatic nitrogens is 1. The Balaban J connectivity index is 1.36. The van der Waals surface area contributed by atoms with Gasteiger partial charge in [0.05, 0.1) is 24.4 Å². The summed E-state index contributed by atoms with van der Waals surface area (Å²) in [6.45, 7) is 4.53. The standard InChI is InChI=1S/C33H39F5N4O3/c1-20-16-24(32(34,35)33(36,37)38)18-25(30(20)45-4)39-31(44)27-17-22-8-5-9-23(28(22)41(27)3)19-42-14-6-10-21(12-15-42)29(43)26-11-7-13-40(26)2/h5,8-9,16-18,21,26H,6-7,10-15,19H2,1-4H3,(H,39,44)/t21?,26-/m0/s1. The number of carbonyl (C=O) groups is 2. The number of halogens is 5. The summed E-state index contributed by atoms with van der Waals surface area (Å²) in [6, 6.07) is 8.74. The minimum Gasteiger partial charge on any atom is -0.494 e. The van der Waals surface area contributed by atoms with Gasteiger partial charge >= 0.3 is 12.1 Å². The predicted octanol–water partition coefficient (Wildman–Crippen LogP) is 6.67. The zero-order valence-corrected chi connectivity index (χ0v) is 25.9. The summed E-state index contributed by atoms with van der Waals surface area (Å²) < 4.78 is 74.8. The van der Waals surface area contributed by atoms with Crippen molar-refractivity contribution in [2.45, 2.75) is 63.7 Å². The molecule has 7 nitrogen and oxygen atoms in total. The molecule has 3 heterocycles. The lowest BCUT2D eigenvalue weighted by Crippen LogP contribution is -2.37. The highest BCUT2D eigenvalue weighted by molar-refractivity contribution is 6.07. The largest absolute Gasteiger partial charge is 0.494 e. The Bertz CT molecular complexity index is 1580. The number of hydrogen-bond acceptors (Lipinski definition) is 5. The molecule has 2 aliphatic heterocycles. The van der Waals surface area contributed by atoms with Crippen LogP contribution in [0.5, 0.6) is 5.75 Å². The molecule has 2 saturated heterocycles. The number of fused-ring (bicyclic) bond motifs is 1. The van der Waals surface area contributed by atoms with Gasteiger partial charge in [-0.15, -0.1) is 0 Å². The number of hydrogen-bond donors (Lipinski definition) is 1. The van der Waals surface area contributed by atoms with E-state index in [0.717, 1.165) is 68.2 Å². The minimum absolute atomic E-state index is 0.0120. The molecule has 2 aliphatic rings. The lowest BCUT2D eigenvalue weighted by atomic mass is 9.90. The Kier molecular flexibility index (Phi) is 9.28. The van der Waals surface area contributed by atoms with Crippen LogP contribution in [0.25, 0.3) is 10.9 Å². The topological polar surface area (TPSA) is 66.8 Å². The number of likely N-dealkylation sites (N-methyl/N-ethyl adjacent to an activating group) is 1. The molecule has 1 N–H and O–H groups in total. The van der Waals surface area contributed by atoms with E-state index in [1.165, 1.54) is 14.0 Å². The molecule has 45 heavy (non-hydrogen) atoms. The van der Waals surface area contributed by atoms with E-state index < -0.39 is 23.6 Å². The van der Waals surface area contributed by atoms with E-state index in [9.17, 15) is 31.5 Å². The third kappa shape index (κ3) is 6.44. The highest BCUT2D eigenvalue weighted by Gasteiger charge is 2.59. The van der Waals surface area contributed by atoms with Crippen molar-refractivity contribution in [1.82, 2.24) is 14.4 Å². The number of aryl methyl sites for hydroxylation is 2. The van der Waals surface area contributed by atoms with Crippen LogP contribution < -0.4 is 10.1 Å². The number of nitrogens with one attached hydrogen (secondary N) is 1. The van der Waals surface area contributed by atoms with Gasteiger partial charge in [0, 0.05) is 30.5 Å². The van der Waals surface area contributed by atoms with Crippen LogP contribution in [0.4, 0.5) is 27.6 Å². The number of likely N-dealkylation sites (tertiary alicyclic amines) is 2. The van der Waals surface area contributed by atoms with Gasteiger partial charge in [-0.3, -0.25) is 19.4 Å². The van der Waals surface area contributed by atoms with Crippen molar-refractivity contribution in [2.24, 2.45) is 13.0 Å². The summed E-state index contributed by atoms with van der Waals surface area (Å²) in [4.78, 5) is 31.2. The van der Waals surface area contributed by atoms with Crippen LogP contribution in [0.15, 0.2) is 36.4 Å². The third-order valence-electron chi connectivity index (χ3n) is 9.28. The van der Waals surface area contributed by atoms with E-state index in [-0.39, 0.29) is 34.7 Å². The number of Topliss-reactive ketones (excluding diaryl/α,β-unsaturated/α-hetero) is 1. The van der Waals surface area contributed by atoms with Crippen molar-refractivity contribution in [3.63, 3.8) is 0 Å². The number of nitrogens with zero attached hydrogens (tertiary/aromatic N) is 3. The monoisotopic (exact) mass is 634 g/mol. The highest BCUT2D eigenvalue weighted by atomic mass is 19.4. The fraction of sp³-hybridized carbons (Fsp3) is 0.515. The van der Waals surface area contributed by atoms with Crippen LogP contribution in [0.3, 0.4) is 0 Å². The molecule has 2 atom stereocenters. The molecule has 0 bridgehead atoms. The molecule has 12 heteroatoms. The average molecular weight is 635 g/mol. The van der Waals surface area contributed by atoms with Crippen molar-refractivity contribution in [3.05, 3.63) is 58.8 Å². The minimum atomic E-state index is -5.81. The lowest BCUT2D eigenvalue weighted by Gasteiger charge is -2.24. The first-order valence-electron chi connectivity index (χ1n) is 15.2. The van der Waals surface area contributed by atoms with Crippen LogP contribution in [0, 0.1) is 12.8 Å². The number of carbonyl (C=O) groups excluding carboxylic acids is 2. The van der Waals surface area contributed by atoms with Gasteiger partial charge in [0.1, 0.15) is 11.4 Å². The zero-order chi connectivity index (χ0) is 32.7. The number of alkyl halides is 5. The summed E-state index contributed by atoms with van der Waals surface area (Å²) in [6.07, 6.45) is -1.24. The molecule has 3 aromatic rings. The van der Waals surface area contributed by atoms with Crippen LogP contribution in [0.1, 0.15) is 59.3 Å². The summed E-state index contributed by atoms with van der Waals surface area (Å²) in [7, 11) is 4.98. The van der Waals surface area contributed by atoms with Crippen molar-refractivity contribution >= 4 is 28.3 Å². The van der Waals surface area contributed by atoms with E-state index in [0.29, 0.717) is 24.5 Å². The number of para-hydroxylation sites is 1. The SMILES string of the molecule is COc1c(C)cc(C(F)(F)C(F)(F)F)cc1NC(=O)c1cc2cccc(CN3CCCC(C(=O)[C@@H]4CCCN4C)CC3)c2n1C. The quantitative estimate of drug-likeness (QED) is 0.281. The number of ketones is 1. The third-order valence-corrected chi connectivity index (χ3v) is 9.28. The molecular formula is C33H39F5N4O3.